The second kappa shape index (κ2) is 9.77. The van der Waals surface area contributed by atoms with Gasteiger partial charge in [-0.15, -0.1) is 0 Å². The van der Waals surface area contributed by atoms with Crippen molar-refractivity contribution in [3.05, 3.63) is 35.0 Å². The zero-order valence-electron chi connectivity index (χ0n) is 19.1. The van der Waals surface area contributed by atoms with Gasteiger partial charge in [-0.1, -0.05) is 31.7 Å². The van der Waals surface area contributed by atoms with Gasteiger partial charge in [0.1, 0.15) is 0 Å². The van der Waals surface area contributed by atoms with Gasteiger partial charge in [-0.2, -0.15) is 0 Å². The molecular weight excluding hydrogens is 432 g/mol. The van der Waals surface area contributed by atoms with E-state index in [1.54, 1.807) is 30.0 Å². The van der Waals surface area contributed by atoms with Crippen molar-refractivity contribution in [1.82, 2.24) is 4.90 Å². The van der Waals surface area contributed by atoms with Crippen LogP contribution in [0.4, 0.5) is 0 Å². The normalized spacial score (nSPS) is 20.3. The van der Waals surface area contributed by atoms with Crippen LogP contribution in [0, 0.1) is 5.92 Å². The van der Waals surface area contributed by atoms with Gasteiger partial charge >= 0.3 is 11.9 Å². The number of benzene rings is 1. The van der Waals surface area contributed by atoms with Gasteiger partial charge in [-0.3, -0.25) is 14.5 Å². The second-order valence-electron chi connectivity index (χ2n) is 7.99. The fourth-order valence-electron chi connectivity index (χ4n) is 3.50. The Balaban J connectivity index is 2.11. The summed E-state index contributed by atoms with van der Waals surface area (Å²) in [7, 11) is 0. The SMILES string of the molecule is CCOc1cc([C@@H]2C(C(=O)OCC(C)C)=C(C)N=C3S[C@H](C)C(=O)N32)ccc1OC(C)=O. The van der Waals surface area contributed by atoms with E-state index in [0.717, 1.165) is 0 Å². The van der Waals surface area contributed by atoms with Crippen LogP contribution in [0.25, 0.3) is 0 Å². The molecule has 172 valence electrons. The third-order valence-corrected chi connectivity index (χ3v) is 5.92. The largest absolute Gasteiger partial charge is 0.490 e. The van der Waals surface area contributed by atoms with Gasteiger partial charge in [0.15, 0.2) is 16.7 Å². The first-order valence-corrected chi connectivity index (χ1v) is 11.4. The second-order valence-corrected chi connectivity index (χ2v) is 9.30. The highest BCUT2D eigenvalue weighted by atomic mass is 32.2. The van der Waals surface area contributed by atoms with Gasteiger partial charge in [0, 0.05) is 6.92 Å². The fraction of sp³-hybridized carbons (Fsp3) is 0.478. The Morgan fingerprint density at radius 2 is 1.97 bits per heavy atom. The maximum Gasteiger partial charge on any atom is 0.338 e. The van der Waals surface area contributed by atoms with Crippen LogP contribution < -0.4 is 9.47 Å². The molecule has 2 aliphatic heterocycles. The average Bonchev–Trinajstić information content (AvgIpc) is 2.99. The van der Waals surface area contributed by atoms with Crippen molar-refractivity contribution in [2.75, 3.05) is 13.2 Å². The summed E-state index contributed by atoms with van der Waals surface area (Å²) in [6, 6.07) is 4.30. The summed E-state index contributed by atoms with van der Waals surface area (Å²) in [5, 5.41) is 0.231. The molecule has 0 aliphatic carbocycles. The quantitative estimate of drug-likeness (QED) is 0.450. The van der Waals surface area contributed by atoms with E-state index in [1.165, 1.54) is 18.7 Å². The molecule has 0 N–H and O–H groups in total. The molecule has 1 aromatic carbocycles. The first-order valence-electron chi connectivity index (χ1n) is 10.6. The molecule has 1 fully saturated rings. The highest BCUT2D eigenvalue weighted by Crippen LogP contribution is 2.45. The van der Waals surface area contributed by atoms with Gasteiger partial charge < -0.3 is 14.2 Å². The zero-order valence-corrected chi connectivity index (χ0v) is 19.9. The number of fused-ring (bicyclic) bond motifs is 1. The van der Waals surface area contributed by atoms with Crippen LogP contribution in [0.15, 0.2) is 34.5 Å². The van der Waals surface area contributed by atoms with Crippen LogP contribution >= 0.6 is 11.8 Å². The van der Waals surface area contributed by atoms with Crippen molar-refractivity contribution in [3.8, 4) is 11.5 Å². The van der Waals surface area contributed by atoms with Crippen molar-refractivity contribution in [2.45, 2.75) is 52.8 Å². The summed E-state index contributed by atoms with van der Waals surface area (Å²) >= 11 is 1.36. The van der Waals surface area contributed by atoms with Gasteiger partial charge in [-0.25, -0.2) is 9.79 Å². The maximum absolute atomic E-state index is 13.1. The number of nitrogens with zero attached hydrogens (tertiary/aromatic N) is 2. The van der Waals surface area contributed by atoms with Gasteiger partial charge in [0.25, 0.3) is 0 Å². The average molecular weight is 461 g/mol. The van der Waals surface area contributed by atoms with E-state index < -0.39 is 18.0 Å². The van der Waals surface area contributed by atoms with Crippen molar-refractivity contribution in [3.63, 3.8) is 0 Å². The Bertz CT molecular complexity index is 1000. The minimum Gasteiger partial charge on any atom is -0.490 e. The van der Waals surface area contributed by atoms with Crippen LogP contribution in [0.2, 0.25) is 0 Å². The molecule has 0 spiro atoms. The Morgan fingerprint density at radius 3 is 2.59 bits per heavy atom. The van der Waals surface area contributed by atoms with Crippen LogP contribution in [0.1, 0.15) is 53.1 Å². The molecule has 0 bridgehead atoms. The van der Waals surface area contributed by atoms with E-state index in [4.69, 9.17) is 14.2 Å². The molecule has 1 saturated heterocycles. The highest BCUT2D eigenvalue weighted by Gasteiger charge is 2.46. The number of thioether (sulfide) groups is 1. The summed E-state index contributed by atoms with van der Waals surface area (Å²) in [6.07, 6.45) is 0. The number of aliphatic imine (C=N–C) groups is 1. The first-order chi connectivity index (χ1) is 15.1. The minimum atomic E-state index is -0.724. The fourth-order valence-corrected chi connectivity index (χ4v) is 4.53. The molecule has 1 aromatic rings. The van der Waals surface area contributed by atoms with E-state index >= 15 is 0 Å². The molecule has 2 heterocycles. The van der Waals surface area contributed by atoms with Crippen LogP contribution in [-0.2, 0) is 19.1 Å². The van der Waals surface area contributed by atoms with Gasteiger partial charge in [0.2, 0.25) is 5.91 Å². The van der Waals surface area contributed by atoms with E-state index in [-0.39, 0.29) is 29.4 Å². The predicted octanol–water partition coefficient (Wildman–Crippen LogP) is 3.86. The number of allylic oxidation sites excluding steroid dienone is 1. The van der Waals surface area contributed by atoms with Crippen LogP contribution in [0.3, 0.4) is 0 Å². The summed E-state index contributed by atoms with van der Waals surface area (Å²) in [4.78, 5) is 43.7. The number of amides is 1. The summed E-state index contributed by atoms with van der Waals surface area (Å²) < 4.78 is 16.4. The number of esters is 2. The molecule has 0 unspecified atom stereocenters. The van der Waals surface area contributed by atoms with E-state index in [9.17, 15) is 14.4 Å². The van der Waals surface area contributed by atoms with Gasteiger partial charge in [-0.05, 0) is 44.4 Å². The number of carbonyl (C=O) groups excluding carboxylic acids is 3. The molecule has 3 rings (SSSR count). The molecule has 9 heteroatoms. The molecular formula is C23H28N2O6S. The first kappa shape index (κ1) is 23.8. The smallest absolute Gasteiger partial charge is 0.338 e. The molecule has 2 aliphatic rings. The van der Waals surface area contributed by atoms with Crippen LogP contribution in [0.5, 0.6) is 11.5 Å². The predicted molar refractivity (Wildman–Crippen MR) is 121 cm³/mol. The van der Waals surface area contributed by atoms with Crippen LogP contribution in [-0.4, -0.2) is 46.4 Å². The lowest BCUT2D eigenvalue weighted by atomic mass is 9.94. The van der Waals surface area contributed by atoms with E-state index in [0.29, 0.717) is 34.4 Å². The number of ether oxygens (including phenoxy) is 3. The number of carbonyl (C=O) groups is 3. The van der Waals surface area contributed by atoms with Crippen molar-refractivity contribution >= 4 is 34.8 Å². The maximum atomic E-state index is 13.1. The highest BCUT2D eigenvalue weighted by molar-refractivity contribution is 8.15. The van der Waals surface area contributed by atoms with E-state index in [1.807, 2.05) is 27.7 Å². The standard InChI is InChI=1S/C23H28N2O6S/c1-7-29-18-10-16(8-9-17(18)31-15(6)26)20-19(22(28)30-11-12(2)3)13(4)24-23-25(20)21(27)14(5)32-23/h8-10,12,14,20H,7,11H2,1-6H3/t14-,20-/m1/s1. The summed E-state index contributed by atoms with van der Waals surface area (Å²) in [6.45, 7) is 11.2. The lowest BCUT2D eigenvalue weighted by Gasteiger charge is -2.33. The third-order valence-electron chi connectivity index (χ3n) is 4.86. The Morgan fingerprint density at radius 1 is 1.25 bits per heavy atom. The number of amidine groups is 1. The lowest BCUT2D eigenvalue weighted by Crippen LogP contribution is -2.40. The Labute approximate surface area is 192 Å². The number of hydrogen-bond acceptors (Lipinski definition) is 8. The molecule has 1 amide bonds. The minimum absolute atomic E-state index is 0.137. The monoisotopic (exact) mass is 460 g/mol. The van der Waals surface area contributed by atoms with Crippen molar-refractivity contribution in [1.29, 1.82) is 0 Å². The molecule has 2 atom stereocenters. The van der Waals surface area contributed by atoms with Crippen molar-refractivity contribution < 1.29 is 28.6 Å². The molecule has 0 radical (unpaired) electrons. The molecule has 0 aromatic heterocycles. The van der Waals surface area contributed by atoms with Crippen molar-refractivity contribution in [2.24, 2.45) is 10.9 Å². The summed E-state index contributed by atoms with van der Waals surface area (Å²) in [5.41, 5.74) is 1.45. The zero-order chi connectivity index (χ0) is 23.6. The Kier molecular flexibility index (Phi) is 7.28. The van der Waals surface area contributed by atoms with E-state index in [2.05, 4.69) is 4.99 Å². The third kappa shape index (κ3) is 4.82. The topological polar surface area (TPSA) is 94.5 Å². The Hall–Kier alpha value is -2.81. The molecule has 32 heavy (non-hydrogen) atoms. The summed E-state index contributed by atoms with van der Waals surface area (Å²) in [5.74, 6) is -0.333. The number of hydrogen-bond donors (Lipinski definition) is 0. The number of rotatable bonds is 7. The lowest BCUT2D eigenvalue weighted by molar-refractivity contribution is -0.141. The molecule has 0 saturated carbocycles. The molecule has 8 nitrogen and oxygen atoms in total. The van der Waals surface area contributed by atoms with Gasteiger partial charge in [0.05, 0.1) is 35.8 Å².